The van der Waals surface area contributed by atoms with Crippen LogP contribution in [0.2, 0.25) is 0 Å². The number of aromatic amines is 1. The Labute approximate surface area is 221 Å². The van der Waals surface area contributed by atoms with E-state index in [4.69, 9.17) is 9.47 Å². The van der Waals surface area contributed by atoms with E-state index in [9.17, 15) is 14.7 Å². The zero-order valence-electron chi connectivity index (χ0n) is 21.4. The molecule has 7 heteroatoms. The number of amides is 1. The topological polar surface area (TPSA) is 91.9 Å². The van der Waals surface area contributed by atoms with Gasteiger partial charge in [-0.1, -0.05) is 30.3 Å². The monoisotopic (exact) mass is 510 g/mol. The average molecular weight is 511 g/mol. The number of aliphatic hydroxyl groups is 1. The highest BCUT2D eigenvalue weighted by Crippen LogP contribution is 2.40. The van der Waals surface area contributed by atoms with E-state index in [1.807, 2.05) is 68.6 Å². The summed E-state index contributed by atoms with van der Waals surface area (Å²) in [6.07, 6.45) is 2.49. The summed E-state index contributed by atoms with van der Waals surface area (Å²) in [5.41, 5.74) is 3.31. The van der Waals surface area contributed by atoms with Crippen molar-refractivity contribution in [2.45, 2.75) is 26.3 Å². The minimum atomic E-state index is -0.734. The number of ketones is 1. The number of hydrogen-bond donors (Lipinski definition) is 2. The summed E-state index contributed by atoms with van der Waals surface area (Å²) in [7, 11) is 0. The van der Waals surface area contributed by atoms with Gasteiger partial charge in [-0.2, -0.15) is 0 Å². The predicted molar refractivity (Wildman–Crippen MR) is 146 cm³/mol. The number of carbonyl (C=O) groups excluding carboxylic acids is 2. The maximum absolute atomic E-state index is 13.4. The largest absolute Gasteiger partial charge is 0.507 e. The molecule has 1 aliphatic rings. The highest BCUT2D eigenvalue weighted by Gasteiger charge is 2.45. The van der Waals surface area contributed by atoms with Crippen LogP contribution < -0.4 is 9.47 Å². The van der Waals surface area contributed by atoms with Crippen molar-refractivity contribution in [3.05, 3.63) is 101 Å². The van der Waals surface area contributed by atoms with Crippen LogP contribution in [0, 0.1) is 0 Å². The normalized spacial score (nSPS) is 16.8. The van der Waals surface area contributed by atoms with Crippen molar-refractivity contribution in [2.75, 3.05) is 19.8 Å². The first kappa shape index (κ1) is 25.1. The lowest BCUT2D eigenvalue weighted by Gasteiger charge is -2.25. The van der Waals surface area contributed by atoms with Crippen molar-refractivity contribution in [2.24, 2.45) is 0 Å². The lowest BCUT2D eigenvalue weighted by atomic mass is 9.95. The Morgan fingerprint density at radius 3 is 2.18 bits per heavy atom. The maximum Gasteiger partial charge on any atom is 0.295 e. The van der Waals surface area contributed by atoms with Gasteiger partial charge in [-0.05, 0) is 73.9 Å². The number of para-hydroxylation sites is 1. The summed E-state index contributed by atoms with van der Waals surface area (Å²) in [5, 5.41) is 12.4. The molecule has 38 heavy (non-hydrogen) atoms. The van der Waals surface area contributed by atoms with Gasteiger partial charge in [-0.15, -0.1) is 0 Å². The first-order valence-corrected chi connectivity index (χ1v) is 12.8. The van der Waals surface area contributed by atoms with Gasteiger partial charge in [-0.25, -0.2) is 0 Å². The molecule has 1 atom stereocenters. The molecule has 1 amide bonds. The molecular formula is C31H30N2O5. The standard InChI is InChI=1S/C31H30N2O5/c1-3-37-23-13-9-20(10-14-23)28-27(29(34)21-11-15-24(16-12-21)38-4-2)30(35)31(36)33(28)18-17-22-19-32-26-8-6-5-7-25(22)26/h5-16,19,28,32,34H,3-4,17-18H2,1-2H3/t28-/m1/s1. The number of nitrogens with one attached hydrogen (secondary N) is 1. The quantitative estimate of drug-likeness (QED) is 0.173. The zero-order valence-corrected chi connectivity index (χ0v) is 21.4. The lowest BCUT2D eigenvalue weighted by Crippen LogP contribution is -2.31. The summed E-state index contributed by atoms with van der Waals surface area (Å²) >= 11 is 0. The Balaban J connectivity index is 1.53. The van der Waals surface area contributed by atoms with Crippen LogP contribution in [0.4, 0.5) is 0 Å². The van der Waals surface area contributed by atoms with Gasteiger partial charge in [0.1, 0.15) is 17.3 Å². The van der Waals surface area contributed by atoms with E-state index >= 15 is 0 Å². The molecule has 3 aromatic carbocycles. The maximum atomic E-state index is 13.4. The van der Waals surface area contributed by atoms with Crippen LogP contribution >= 0.6 is 0 Å². The molecule has 7 nitrogen and oxygen atoms in total. The number of nitrogens with zero attached hydrogens (tertiary/aromatic N) is 1. The molecule has 4 aromatic rings. The fraction of sp³-hybridized carbons (Fsp3) is 0.226. The van der Waals surface area contributed by atoms with E-state index in [1.54, 1.807) is 29.2 Å². The molecule has 1 fully saturated rings. The molecule has 0 spiro atoms. The number of fused-ring (bicyclic) bond motifs is 1. The van der Waals surface area contributed by atoms with E-state index in [1.165, 1.54) is 0 Å². The van der Waals surface area contributed by atoms with Gasteiger partial charge in [0.05, 0.1) is 24.8 Å². The second-order valence-corrected chi connectivity index (χ2v) is 9.06. The van der Waals surface area contributed by atoms with Crippen LogP contribution in [0.5, 0.6) is 11.5 Å². The molecule has 0 bridgehead atoms. The van der Waals surface area contributed by atoms with Crippen LogP contribution in [-0.4, -0.2) is 46.4 Å². The van der Waals surface area contributed by atoms with Crippen molar-refractivity contribution >= 4 is 28.4 Å². The molecular weight excluding hydrogens is 480 g/mol. The predicted octanol–water partition coefficient (Wildman–Crippen LogP) is 5.63. The number of aliphatic hydroxyl groups excluding tert-OH is 1. The van der Waals surface area contributed by atoms with Crippen molar-refractivity contribution in [3.8, 4) is 11.5 Å². The molecule has 0 saturated carbocycles. The first-order chi connectivity index (χ1) is 18.5. The van der Waals surface area contributed by atoms with Crippen molar-refractivity contribution in [1.82, 2.24) is 9.88 Å². The van der Waals surface area contributed by atoms with Gasteiger partial charge in [-0.3, -0.25) is 9.59 Å². The Kier molecular flexibility index (Phi) is 7.18. The number of rotatable bonds is 9. The van der Waals surface area contributed by atoms with Crippen LogP contribution in [-0.2, 0) is 16.0 Å². The number of ether oxygens (including phenoxy) is 2. The minimum Gasteiger partial charge on any atom is -0.507 e. The van der Waals surface area contributed by atoms with Crippen molar-refractivity contribution in [3.63, 3.8) is 0 Å². The molecule has 1 aliphatic heterocycles. The Morgan fingerprint density at radius 2 is 1.53 bits per heavy atom. The van der Waals surface area contributed by atoms with Crippen LogP contribution in [0.3, 0.4) is 0 Å². The fourth-order valence-corrected chi connectivity index (χ4v) is 4.98. The van der Waals surface area contributed by atoms with Gasteiger partial charge in [0, 0.05) is 29.2 Å². The third-order valence-corrected chi connectivity index (χ3v) is 6.78. The number of aromatic nitrogens is 1. The van der Waals surface area contributed by atoms with E-state index < -0.39 is 17.7 Å². The third-order valence-electron chi connectivity index (χ3n) is 6.78. The molecule has 0 radical (unpaired) electrons. The van der Waals surface area contributed by atoms with Gasteiger partial charge >= 0.3 is 0 Å². The second-order valence-electron chi connectivity index (χ2n) is 9.06. The molecule has 1 aromatic heterocycles. The van der Waals surface area contributed by atoms with E-state index in [0.717, 1.165) is 22.0 Å². The third kappa shape index (κ3) is 4.75. The Bertz CT molecular complexity index is 1490. The van der Waals surface area contributed by atoms with E-state index in [0.29, 0.717) is 43.2 Å². The smallest absolute Gasteiger partial charge is 0.295 e. The summed E-state index contributed by atoms with van der Waals surface area (Å²) in [5.74, 6) is -0.185. The molecule has 0 unspecified atom stereocenters. The van der Waals surface area contributed by atoms with Gasteiger partial charge in [0.25, 0.3) is 11.7 Å². The SMILES string of the molecule is CCOc1ccc(C(O)=C2C(=O)C(=O)N(CCc3c[nH]c4ccccc34)[C@@H]2c2ccc(OCC)cc2)cc1. The number of Topliss-reactive ketones (excluding diaryl/α,β-unsaturated/α-hetero) is 1. The number of benzene rings is 3. The Hall–Kier alpha value is -4.52. The summed E-state index contributed by atoms with van der Waals surface area (Å²) in [4.78, 5) is 31.5. The number of hydrogen-bond acceptors (Lipinski definition) is 5. The highest BCUT2D eigenvalue weighted by atomic mass is 16.5. The van der Waals surface area contributed by atoms with Crippen molar-refractivity contribution < 1.29 is 24.2 Å². The van der Waals surface area contributed by atoms with E-state index in [2.05, 4.69) is 4.98 Å². The highest BCUT2D eigenvalue weighted by molar-refractivity contribution is 6.46. The second kappa shape index (κ2) is 10.8. The summed E-state index contributed by atoms with van der Waals surface area (Å²) in [6, 6.07) is 21.4. The molecule has 2 N–H and O–H groups in total. The molecule has 2 heterocycles. The zero-order chi connectivity index (χ0) is 26.6. The fourth-order valence-electron chi connectivity index (χ4n) is 4.98. The van der Waals surface area contributed by atoms with Gasteiger partial charge in [0.2, 0.25) is 0 Å². The molecule has 5 rings (SSSR count). The number of H-pyrrole nitrogens is 1. The van der Waals surface area contributed by atoms with Crippen molar-refractivity contribution in [1.29, 1.82) is 0 Å². The van der Waals surface area contributed by atoms with Gasteiger partial charge < -0.3 is 24.5 Å². The number of carbonyl (C=O) groups is 2. The molecule has 0 aliphatic carbocycles. The Morgan fingerprint density at radius 1 is 0.895 bits per heavy atom. The summed E-state index contributed by atoms with van der Waals surface area (Å²) in [6.45, 7) is 5.15. The van der Waals surface area contributed by atoms with Crippen LogP contribution in [0.1, 0.15) is 36.6 Å². The lowest BCUT2D eigenvalue weighted by molar-refractivity contribution is -0.139. The van der Waals surface area contributed by atoms with Gasteiger partial charge in [0.15, 0.2) is 0 Å². The first-order valence-electron chi connectivity index (χ1n) is 12.8. The molecule has 194 valence electrons. The average Bonchev–Trinajstić information content (AvgIpc) is 3.46. The summed E-state index contributed by atoms with van der Waals surface area (Å²) < 4.78 is 11.1. The number of likely N-dealkylation sites (tertiary alicyclic amines) is 1. The minimum absolute atomic E-state index is 0.0715. The molecule has 1 saturated heterocycles. The van der Waals surface area contributed by atoms with Crippen LogP contribution in [0.25, 0.3) is 16.7 Å². The van der Waals surface area contributed by atoms with E-state index in [-0.39, 0.29) is 11.3 Å². The van der Waals surface area contributed by atoms with Crippen LogP contribution in [0.15, 0.2) is 84.6 Å².